The van der Waals surface area contributed by atoms with Crippen LogP contribution in [0.1, 0.15) is 46.3 Å². The normalized spacial score (nSPS) is 13.4. The van der Waals surface area contributed by atoms with Gasteiger partial charge in [0.25, 0.3) is 0 Å². The second-order valence-electron chi connectivity index (χ2n) is 7.03. The highest BCUT2D eigenvalue weighted by Gasteiger charge is 2.39. The van der Waals surface area contributed by atoms with E-state index >= 15 is 0 Å². The van der Waals surface area contributed by atoms with E-state index in [1.165, 1.54) is 13.8 Å². The minimum Gasteiger partial charge on any atom is -0.543 e. The molecule has 1 unspecified atom stereocenters. The zero-order chi connectivity index (χ0) is 17.1. The summed E-state index contributed by atoms with van der Waals surface area (Å²) in [5, 5.41) is 0.0822. The number of ketones is 1. The standard InChI is InChI=1S/C17H26O4Si/c1-12(18)16(20-13(2)19)14-9-8-10-15(11-14)21-22(6,7)17(3,4)5/h8-11,16H,1-7H3. The first-order chi connectivity index (χ1) is 9.94. The van der Waals surface area contributed by atoms with Crippen LogP contribution in [0, 0.1) is 0 Å². The van der Waals surface area contributed by atoms with E-state index in [0.29, 0.717) is 11.3 Å². The van der Waals surface area contributed by atoms with Crippen molar-refractivity contribution in [2.75, 3.05) is 0 Å². The number of rotatable bonds is 5. The van der Waals surface area contributed by atoms with E-state index in [9.17, 15) is 9.59 Å². The van der Waals surface area contributed by atoms with Gasteiger partial charge in [-0.3, -0.25) is 9.59 Å². The van der Waals surface area contributed by atoms with E-state index in [1.54, 1.807) is 12.1 Å². The molecule has 0 radical (unpaired) electrons. The van der Waals surface area contributed by atoms with Crippen LogP contribution in [0.2, 0.25) is 18.1 Å². The van der Waals surface area contributed by atoms with Crippen LogP contribution in [0.4, 0.5) is 0 Å². The van der Waals surface area contributed by atoms with Crippen LogP contribution in [0.15, 0.2) is 24.3 Å². The third-order valence-corrected chi connectivity index (χ3v) is 8.35. The van der Waals surface area contributed by atoms with Crippen LogP contribution in [-0.4, -0.2) is 20.1 Å². The molecule has 0 fully saturated rings. The van der Waals surface area contributed by atoms with E-state index in [-0.39, 0.29) is 10.8 Å². The van der Waals surface area contributed by atoms with Gasteiger partial charge in [0.2, 0.25) is 8.32 Å². The van der Waals surface area contributed by atoms with Gasteiger partial charge in [0.05, 0.1) is 0 Å². The minimum absolute atomic E-state index is 0.0822. The molecule has 5 heteroatoms. The maximum absolute atomic E-state index is 11.7. The monoisotopic (exact) mass is 322 g/mol. The molecule has 0 bridgehead atoms. The van der Waals surface area contributed by atoms with E-state index in [0.717, 1.165) is 0 Å². The summed E-state index contributed by atoms with van der Waals surface area (Å²) in [6.45, 7) is 13.5. The zero-order valence-electron chi connectivity index (χ0n) is 14.5. The van der Waals surface area contributed by atoms with Gasteiger partial charge < -0.3 is 9.16 Å². The third kappa shape index (κ3) is 4.70. The molecule has 22 heavy (non-hydrogen) atoms. The van der Waals surface area contributed by atoms with Gasteiger partial charge in [0.1, 0.15) is 5.75 Å². The Bertz CT molecular complexity index is 558. The smallest absolute Gasteiger partial charge is 0.303 e. The van der Waals surface area contributed by atoms with Crippen LogP contribution in [-0.2, 0) is 14.3 Å². The van der Waals surface area contributed by atoms with Gasteiger partial charge in [-0.1, -0.05) is 32.9 Å². The van der Waals surface area contributed by atoms with Crippen LogP contribution >= 0.6 is 0 Å². The highest BCUT2D eigenvalue weighted by atomic mass is 28.4. The highest BCUT2D eigenvalue weighted by Crippen LogP contribution is 2.37. The lowest BCUT2D eigenvalue weighted by Gasteiger charge is -2.36. The lowest BCUT2D eigenvalue weighted by atomic mass is 10.1. The summed E-state index contributed by atoms with van der Waals surface area (Å²) >= 11 is 0. The average molecular weight is 322 g/mol. The second kappa shape index (κ2) is 6.65. The van der Waals surface area contributed by atoms with E-state index < -0.39 is 20.4 Å². The number of esters is 1. The summed E-state index contributed by atoms with van der Waals surface area (Å²) in [5.41, 5.74) is 0.638. The molecule has 0 spiro atoms. The summed E-state index contributed by atoms with van der Waals surface area (Å²) in [6.07, 6.45) is -0.875. The molecule has 0 saturated heterocycles. The van der Waals surface area contributed by atoms with Gasteiger partial charge in [-0.25, -0.2) is 0 Å². The van der Waals surface area contributed by atoms with Crippen LogP contribution < -0.4 is 4.43 Å². The Balaban J connectivity index is 3.08. The first kappa shape index (κ1) is 18.4. The van der Waals surface area contributed by atoms with Gasteiger partial charge in [-0.15, -0.1) is 0 Å². The van der Waals surface area contributed by atoms with Crippen molar-refractivity contribution >= 4 is 20.1 Å². The topological polar surface area (TPSA) is 52.6 Å². The lowest BCUT2D eigenvalue weighted by Crippen LogP contribution is -2.43. The molecule has 0 heterocycles. The average Bonchev–Trinajstić information content (AvgIpc) is 2.33. The number of carbonyl (C=O) groups excluding carboxylic acids is 2. The molecule has 0 aliphatic heterocycles. The molecule has 0 aliphatic rings. The van der Waals surface area contributed by atoms with Gasteiger partial charge in [-0.2, -0.15) is 0 Å². The summed E-state index contributed by atoms with van der Waals surface area (Å²) < 4.78 is 11.3. The molecule has 0 aromatic heterocycles. The van der Waals surface area contributed by atoms with Crippen molar-refractivity contribution < 1.29 is 18.8 Å². The van der Waals surface area contributed by atoms with Gasteiger partial charge in [0.15, 0.2) is 11.9 Å². The summed E-state index contributed by atoms with van der Waals surface area (Å²) in [5.74, 6) is 0.0260. The van der Waals surface area contributed by atoms with Crippen molar-refractivity contribution in [3.05, 3.63) is 29.8 Å². The fraction of sp³-hybridized carbons (Fsp3) is 0.529. The van der Waals surface area contributed by atoms with Crippen molar-refractivity contribution in [1.82, 2.24) is 0 Å². The second-order valence-corrected chi connectivity index (χ2v) is 11.8. The predicted molar refractivity (Wildman–Crippen MR) is 89.5 cm³/mol. The molecule has 0 saturated carbocycles. The van der Waals surface area contributed by atoms with Crippen LogP contribution in [0.3, 0.4) is 0 Å². The van der Waals surface area contributed by atoms with Crippen molar-refractivity contribution in [1.29, 1.82) is 0 Å². The number of hydrogen-bond acceptors (Lipinski definition) is 4. The van der Waals surface area contributed by atoms with Gasteiger partial charge >= 0.3 is 5.97 Å². The maximum Gasteiger partial charge on any atom is 0.303 e. The Hall–Kier alpha value is -1.62. The van der Waals surface area contributed by atoms with Crippen LogP contribution in [0.5, 0.6) is 5.75 Å². The summed E-state index contributed by atoms with van der Waals surface area (Å²) in [6, 6.07) is 7.25. The molecule has 4 nitrogen and oxygen atoms in total. The van der Waals surface area contributed by atoms with E-state index in [2.05, 4.69) is 33.9 Å². The Labute approximate surface area is 134 Å². The molecule has 1 rings (SSSR count). The third-order valence-electron chi connectivity index (χ3n) is 3.99. The van der Waals surface area contributed by atoms with E-state index in [1.807, 2.05) is 12.1 Å². The van der Waals surface area contributed by atoms with Crippen molar-refractivity contribution in [3.8, 4) is 5.75 Å². The lowest BCUT2D eigenvalue weighted by molar-refractivity contribution is -0.152. The minimum atomic E-state index is -1.96. The molecule has 122 valence electrons. The van der Waals surface area contributed by atoms with Gasteiger partial charge in [0, 0.05) is 12.5 Å². The Morgan fingerprint density at radius 2 is 1.73 bits per heavy atom. The molecular formula is C17H26O4Si. The maximum atomic E-state index is 11.7. The van der Waals surface area contributed by atoms with E-state index in [4.69, 9.17) is 9.16 Å². The molecule has 0 amide bonds. The Kier molecular flexibility index (Phi) is 5.57. The number of ether oxygens (including phenoxy) is 1. The zero-order valence-corrected chi connectivity index (χ0v) is 15.5. The molecule has 1 atom stereocenters. The van der Waals surface area contributed by atoms with Crippen molar-refractivity contribution in [3.63, 3.8) is 0 Å². The first-order valence-corrected chi connectivity index (χ1v) is 10.3. The van der Waals surface area contributed by atoms with Gasteiger partial charge in [-0.05, 0) is 37.2 Å². The molecule has 1 aromatic rings. The summed E-state index contributed by atoms with van der Waals surface area (Å²) in [7, 11) is -1.96. The van der Waals surface area contributed by atoms with Crippen LogP contribution in [0.25, 0.3) is 0 Å². The SMILES string of the molecule is CC(=O)OC(C(C)=O)c1cccc(O[Si](C)(C)C(C)(C)C)c1. The summed E-state index contributed by atoms with van der Waals surface area (Å²) in [4.78, 5) is 22.9. The molecular weight excluding hydrogens is 296 g/mol. The Morgan fingerprint density at radius 1 is 1.14 bits per heavy atom. The first-order valence-electron chi connectivity index (χ1n) is 7.41. The number of hydrogen-bond donors (Lipinski definition) is 0. The molecule has 0 N–H and O–H groups in total. The number of Topliss-reactive ketones (excluding diaryl/α,β-unsaturated/α-hetero) is 1. The fourth-order valence-electron chi connectivity index (χ4n) is 1.74. The predicted octanol–water partition coefficient (Wildman–Crippen LogP) is 4.26. The quantitative estimate of drug-likeness (QED) is 0.600. The number of benzene rings is 1. The Morgan fingerprint density at radius 3 is 2.18 bits per heavy atom. The van der Waals surface area contributed by atoms with Crippen molar-refractivity contribution in [2.45, 2.75) is 58.9 Å². The largest absolute Gasteiger partial charge is 0.543 e. The van der Waals surface area contributed by atoms with Crippen molar-refractivity contribution in [2.24, 2.45) is 0 Å². The molecule has 0 aliphatic carbocycles. The number of carbonyl (C=O) groups is 2. The fourth-order valence-corrected chi connectivity index (χ4v) is 2.76. The highest BCUT2D eigenvalue weighted by molar-refractivity contribution is 6.74. The molecule has 1 aromatic carbocycles.